The molecule has 27 heavy (non-hydrogen) atoms. The van der Waals surface area contributed by atoms with Crippen molar-refractivity contribution in [2.45, 2.75) is 13.3 Å². The third-order valence-electron chi connectivity index (χ3n) is 3.49. The molecule has 0 bridgehead atoms. The van der Waals surface area contributed by atoms with Crippen LogP contribution in [-0.2, 0) is 4.79 Å². The quantitative estimate of drug-likeness (QED) is 0.633. The predicted octanol–water partition coefficient (Wildman–Crippen LogP) is 2.32. The van der Waals surface area contributed by atoms with Crippen LogP contribution in [0.5, 0.6) is 5.75 Å². The number of hydrazine groups is 1. The lowest BCUT2D eigenvalue weighted by molar-refractivity contribution is -0.121. The van der Waals surface area contributed by atoms with Crippen molar-refractivity contribution in [2.24, 2.45) is 0 Å². The average Bonchev–Trinajstić information content (AvgIpc) is 2.67. The van der Waals surface area contributed by atoms with E-state index in [1.807, 2.05) is 6.92 Å². The standard InChI is InChI=1S/C19H20ClN3O4/c1-2-27-16-9-5-14(6-10-16)19(26)23-22-17(24)11-12-21-18(25)13-3-7-15(20)8-4-13/h3-10H,2,11-12H2,1H3,(H,21,25)(H,22,24)(H,23,26). The summed E-state index contributed by atoms with van der Waals surface area (Å²) in [4.78, 5) is 35.6. The van der Waals surface area contributed by atoms with Crippen LogP contribution in [0.1, 0.15) is 34.1 Å². The van der Waals surface area contributed by atoms with Crippen LogP contribution < -0.4 is 20.9 Å². The van der Waals surface area contributed by atoms with E-state index in [9.17, 15) is 14.4 Å². The first-order valence-corrected chi connectivity index (χ1v) is 8.73. The first-order valence-electron chi connectivity index (χ1n) is 8.35. The molecule has 7 nitrogen and oxygen atoms in total. The fraction of sp³-hybridized carbons (Fsp3) is 0.211. The minimum atomic E-state index is -0.448. The first-order chi connectivity index (χ1) is 13.0. The van der Waals surface area contributed by atoms with E-state index in [4.69, 9.17) is 16.3 Å². The molecule has 142 valence electrons. The van der Waals surface area contributed by atoms with Crippen LogP contribution in [0, 0.1) is 0 Å². The Morgan fingerprint density at radius 3 is 2.11 bits per heavy atom. The van der Waals surface area contributed by atoms with Gasteiger partial charge in [-0.25, -0.2) is 0 Å². The van der Waals surface area contributed by atoms with E-state index in [1.165, 1.54) is 0 Å². The Morgan fingerprint density at radius 1 is 0.889 bits per heavy atom. The topological polar surface area (TPSA) is 96.5 Å². The van der Waals surface area contributed by atoms with Crippen molar-refractivity contribution in [1.82, 2.24) is 16.2 Å². The van der Waals surface area contributed by atoms with Crippen LogP contribution in [0.3, 0.4) is 0 Å². The Balaban J connectivity index is 1.70. The van der Waals surface area contributed by atoms with Crippen LogP contribution in [0.25, 0.3) is 0 Å². The van der Waals surface area contributed by atoms with Gasteiger partial charge in [0.05, 0.1) is 6.61 Å². The Labute approximate surface area is 162 Å². The van der Waals surface area contributed by atoms with Gasteiger partial charge in [0, 0.05) is 29.1 Å². The summed E-state index contributed by atoms with van der Waals surface area (Å²) in [6, 6.07) is 12.9. The number of carbonyl (C=O) groups excluding carboxylic acids is 3. The highest BCUT2D eigenvalue weighted by Gasteiger charge is 2.09. The molecule has 2 aromatic carbocycles. The molecule has 0 aromatic heterocycles. The van der Waals surface area contributed by atoms with Gasteiger partial charge in [0.15, 0.2) is 0 Å². The van der Waals surface area contributed by atoms with Crippen molar-refractivity contribution in [1.29, 1.82) is 0 Å². The molecule has 2 rings (SSSR count). The van der Waals surface area contributed by atoms with E-state index < -0.39 is 11.8 Å². The fourth-order valence-electron chi connectivity index (χ4n) is 2.12. The van der Waals surface area contributed by atoms with Crippen LogP contribution in [-0.4, -0.2) is 30.9 Å². The molecule has 0 fully saturated rings. The second kappa shape index (κ2) is 10.2. The summed E-state index contributed by atoms with van der Waals surface area (Å²) in [7, 11) is 0. The number of carbonyl (C=O) groups is 3. The van der Waals surface area contributed by atoms with Crippen LogP contribution in [0.4, 0.5) is 0 Å². The van der Waals surface area contributed by atoms with Crippen molar-refractivity contribution in [3.05, 3.63) is 64.7 Å². The third kappa shape index (κ3) is 6.63. The van der Waals surface area contributed by atoms with Gasteiger partial charge in [-0.2, -0.15) is 0 Å². The number of halogens is 1. The number of benzene rings is 2. The van der Waals surface area contributed by atoms with E-state index in [2.05, 4.69) is 16.2 Å². The van der Waals surface area contributed by atoms with E-state index in [1.54, 1.807) is 48.5 Å². The largest absolute Gasteiger partial charge is 0.494 e. The van der Waals surface area contributed by atoms with Gasteiger partial charge >= 0.3 is 0 Å². The summed E-state index contributed by atoms with van der Waals surface area (Å²) in [6.07, 6.45) is 0.0168. The molecule has 0 atom stereocenters. The van der Waals surface area contributed by atoms with Gasteiger partial charge in [-0.3, -0.25) is 25.2 Å². The molecule has 2 aromatic rings. The van der Waals surface area contributed by atoms with Crippen LogP contribution in [0.15, 0.2) is 48.5 Å². The Hall–Kier alpha value is -3.06. The smallest absolute Gasteiger partial charge is 0.269 e. The van der Waals surface area contributed by atoms with E-state index in [0.29, 0.717) is 28.5 Å². The van der Waals surface area contributed by atoms with Gasteiger partial charge < -0.3 is 10.1 Å². The molecular weight excluding hydrogens is 370 g/mol. The molecule has 0 radical (unpaired) electrons. The molecule has 8 heteroatoms. The molecule has 0 saturated carbocycles. The molecule has 0 heterocycles. The van der Waals surface area contributed by atoms with E-state index >= 15 is 0 Å². The molecule has 0 aliphatic rings. The minimum Gasteiger partial charge on any atom is -0.494 e. The zero-order chi connectivity index (χ0) is 19.6. The molecule has 0 spiro atoms. The highest BCUT2D eigenvalue weighted by molar-refractivity contribution is 6.30. The molecule has 0 aliphatic heterocycles. The summed E-state index contributed by atoms with van der Waals surface area (Å²) in [5.41, 5.74) is 5.45. The maximum Gasteiger partial charge on any atom is 0.269 e. The molecular formula is C19H20ClN3O4. The Morgan fingerprint density at radius 2 is 1.48 bits per heavy atom. The zero-order valence-corrected chi connectivity index (χ0v) is 15.5. The first kappa shape index (κ1) is 20.3. The van der Waals surface area contributed by atoms with Crippen LogP contribution in [0.2, 0.25) is 5.02 Å². The maximum atomic E-state index is 12.0. The number of ether oxygens (including phenoxy) is 1. The normalized spacial score (nSPS) is 10.0. The average molecular weight is 390 g/mol. The highest BCUT2D eigenvalue weighted by Crippen LogP contribution is 2.12. The summed E-state index contributed by atoms with van der Waals surface area (Å²) < 4.78 is 5.30. The summed E-state index contributed by atoms with van der Waals surface area (Å²) in [6.45, 7) is 2.54. The van der Waals surface area contributed by atoms with E-state index in [-0.39, 0.29) is 18.9 Å². The monoisotopic (exact) mass is 389 g/mol. The van der Waals surface area contributed by atoms with Gasteiger partial charge in [-0.15, -0.1) is 0 Å². The van der Waals surface area contributed by atoms with E-state index in [0.717, 1.165) is 0 Å². The lowest BCUT2D eigenvalue weighted by Gasteiger charge is -2.09. The number of hydrogen-bond donors (Lipinski definition) is 3. The second-order valence-corrected chi connectivity index (χ2v) is 5.91. The number of nitrogens with one attached hydrogen (secondary N) is 3. The SMILES string of the molecule is CCOc1ccc(C(=O)NNC(=O)CCNC(=O)c2ccc(Cl)cc2)cc1. The molecule has 3 amide bonds. The number of rotatable bonds is 7. The lowest BCUT2D eigenvalue weighted by Crippen LogP contribution is -2.42. The summed E-state index contributed by atoms with van der Waals surface area (Å²) >= 11 is 5.76. The van der Waals surface area contributed by atoms with Crippen molar-refractivity contribution in [3.63, 3.8) is 0 Å². The molecule has 0 aliphatic carbocycles. The summed E-state index contributed by atoms with van der Waals surface area (Å²) in [5, 5.41) is 3.15. The van der Waals surface area contributed by atoms with Crippen molar-refractivity contribution >= 4 is 29.3 Å². The lowest BCUT2D eigenvalue weighted by atomic mass is 10.2. The van der Waals surface area contributed by atoms with Gasteiger partial charge in [0.2, 0.25) is 5.91 Å². The fourth-order valence-corrected chi connectivity index (χ4v) is 2.25. The molecule has 0 unspecified atom stereocenters. The molecule has 0 saturated heterocycles. The van der Waals surface area contributed by atoms with Gasteiger partial charge in [-0.1, -0.05) is 11.6 Å². The van der Waals surface area contributed by atoms with Gasteiger partial charge in [0.25, 0.3) is 11.8 Å². The van der Waals surface area contributed by atoms with Gasteiger partial charge in [0.1, 0.15) is 5.75 Å². The second-order valence-electron chi connectivity index (χ2n) is 5.47. The minimum absolute atomic E-state index is 0.0168. The third-order valence-corrected chi connectivity index (χ3v) is 3.74. The van der Waals surface area contributed by atoms with Crippen molar-refractivity contribution in [3.8, 4) is 5.75 Å². The number of amides is 3. The Bertz CT molecular complexity index is 792. The highest BCUT2D eigenvalue weighted by atomic mass is 35.5. The molecule has 3 N–H and O–H groups in total. The maximum absolute atomic E-state index is 12.0. The van der Waals surface area contributed by atoms with Crippen molar-refractivity contribution in [2.75, 3.05) is 13.2 Å². The van der Waals surface area contributed by atoms with Crippen LogP contribution >= 0.6 is 11.6 Å². The summed E-state index contributed by atoms with van der Waals surface area (Å²) in [5.74, 6) is -0.519. The zero-order valence-electron chi connectivity index (χ0n) is 14.8. The van der Waals surface area contributed by atoms with Gasteiger partial charge in [-0.05, 0) is 55.5 Å². The Kier molecular flexibility index (Phi) is 7.63. The number of hydrogen-bond acceptors (Lipinski definition) is 4. The van der Waals surface area contributed by atoms with Crippen molar-refractivity contribution < 1.29 is 19.1 Å². The predicted molar refractivity (Wildman–Crippen MR) is 102 cm³/mol.